The topological polar surface area (TPSA) is 17.1 Å². The Balaban J connectivity index is 3.45. The van der Waals surface area contributed by atoms with Crippen molar-refractivity contribution in [1.82, 2.24) is 0 Å². The minimum atomic E-state index is 0.985. The van der Waals surface area contributed by atoms with E-state index in [4.69, 9.17) is 0 Å². The molecule has 0 spiro atoms. The van der Waals surface area contributed by atoms with Crippen molar-refractivity contribution < 1.29 is 4.79 Å². The highest BCUT2D eigenvalue weighted by Gasteiger charge is 1.98. The van der Waals surface area contributed by atoms with E-state index in [1.54, 1.807) is 0 Å². The summed E-state index contributed by atoms with van der Waals surface area (Å²) in [5.41, 5.74) is 1.04. The summed E-state index contributed by atoms with van der Waals surface area (Å²) in [6, 6.07) is 0. The third-order valence-corrected chi connectivity index (χ3v) is 6.51. The molecule has 0 radical (unpaired) electrons. The molecule has 0 bridgehead atoms. The molecule has 0 aromatic rings. The summed E-state index contributed by atoms with van der Waals surface area (Å²) >= 11 is 0. The van der Waals surface area contributed by atoms with Crippen molar-refractivity contribution in [2.24, 2.45) is 0 Å². The van der Waals surface area contributed by atoms with Gasteiger partial charge in [0.25, 0.3) is 0 Å². The van der Waals surface area contributed by atoms with Crippen LogP contribution in [0.25, 0.3) is 0 Å². The Bertz CT molecular complexity index is 471. The van der Waals surface area contributed by atoms with Gasteiger partial charge in [0.15, 0.2) is 0 Å². The standard InChI is InChI=1S/C32H58O/c1-3-5-7-9-11-13-15-17-19-21-23-25-27-29-32(31-33)30-28-26-24-22-20-18-16-14-12-10-8-6-4-2/h7,9,13,15,29,31H,3-6,8,10-12,14,16-28,30H2,1-2H3. The molecule has 0 fully saturated rings. The predicted molar refractivity (Wildman–Crippen MR) is 150 cm³/mol. The number of hydrogen-bond acceptors (Lipinski definition) is 1. The van der Waals surface area contributed by atoms with E-state index < -0.39 is 0 Å². The van der Waals surface area contributed by atoms with E-state index in [1.165, 1.54) is 128 Å². The van der Waals surface area contributed by atoms with Crippen molar-refractivity contribution in [2.45, 2.75) is 162 Å². The SMILES string of the molecule is CCCC=CCC=CCCCCCCC=C(C=O)CCCCCCCCCCCCCCC. The van der Waals surface area contributed by atoms with Crippen LogP contribution < -0.4 is 0 Å². The van der Waals surface area contributed by atoms with Gasteiger partial charge in [-0.15, -0.1) is 0 Å². The molecule has 0 saturated heterocycles. The second-order valence-electron chi connectivity index (χ2n) is 9.85. The van der Waals surface area contributed by atoms with E-state index in [0.29, 0.717) is 0 Å². The van der Waals surface area contributed by atoms with E-state index in [9.17, 15) is 4.79 Å². The van der Waals surface area contributed by atoms with Gasteiger partial charge in [-0.3, -0.25) is 4.79 Å². The first-order chi connectivity index (χ1) is 16.3. The normalized spacial score (nSPS) is 12.4. The van der Waals surface area contributed by atoms with Crippen molar-refractivity contribution in [3.63, 3.8) is 0 Å². The molecule has 192 valence electrons. The van der Waals surface area contributed by atoms with Gasteiger partial charge in [0, 0.05) is 0 Å². The molecule has 33 heavy (non-hydrogen) atoms. The molecule has 1 nitrogen and oxygen atoms in total. The summed E-state index contributed by atoms with van der Waals surface area (Å²) in [4.78, 5) is 11.3. The molecule has 0 aliphatic heterocycles. The Morgan fingerprint density at radius 1 is 0.485 bits per heavy atom. The number of hydrogen-bond donors (Lipinski definition) is 0. The molecule has 0 aromatic heterocycles. The molecule has 0 aliphatic carbocycles. The average molecular weight is 459 g/mol. The minimum Gasteiger partial charge on any atom is -0.298 e. The zero-order valence-electron chi connectivity index (χ0n) is 22.6. The zero-order valence-corrected chi connectivity index (χ0v) is 22.6. The first-order valence-electron chi connectivity index (χ1n) is 14.8. The highest BCUT2D eigenvalue weighted by Crippen LogP contribution is 2.15. The minimum absolute atomic E-state index is 0.985. The van der Waals surface area contributed by atoms with Crippen LogP contribution in [0.4, 0.5) is 0 Å². The molecule has 0 rings (SSSR count). The van der Waals surface area contributed by atoms with Crippen molar-refractivity contribution in [1.29, 1.82) is 0 Å². The van der Waals surface area contributed by atoms with Crippen LogP contribution in [0.2, 0.25) is 0 Å². The Morgan fingerprint density at radius 3 is 1.52 bits per heavy atom. The number of rotatable bonds is 26. The largest absolute Gasteiger partial charge is 0.298 e. The molecule has 0 aliphatic rings. The van der Waals surface area contributed by atoms with Gasteiger partial charge >= 0.3 is 0 Å². The maximum absolute atomic E-state index is 11.3. The lowest BCUT2D eigenvalue weighted by Gasteiger charge is -2.04. The summed E-state index contributed by atoms with van der Waals surface area (Å²) in [6.07, 6.45) is 42.3. The molecule has 0 saturated carbocycles. The van der Waals surface area contributed by atoms with Gasteiger partial charge in [-0.25, -0.2) is 0 Å². The van der Waals surface area contributed by atoms with E-state index >= 15 is 0 Å². The van der Waals surface area contributed by atoms with Crippen LogP contribution in [0.3, 0.4) is 0 Å². The second kappa shape index (κ2) is 28.9. The number of aldehydes is 1. The number of carbonyl (C=O) groups is 1. The van der Waals surface area contributed by atoms with Gasteiger partial charge < -0.3 is 0 Å². The number of unbranched alkanes of at least 4 members (excludes halogenated alkanes) is 18. The smallest absolute Gasteiger partial charge is 0.145 e. The van der Waals surface area contributed by atoms with Gasteiger partial charge in [-0.2, -0.15) is 0 Å². The lowest BCUT2D eigenvalue weighted by molar-refractivity contribution is -0.105. The van der Waals surface area contributed by atoms with Gasteiger partial charge in [-0.05, 0) is 56.9 Å². The third-order valence-electron chi connectivity index (χ3n) is 6.51. The Morgan fingerprint density at radius 2 is 0.970 bits per heavy atom. The molecule has 0 unspecified atom stereocenters. The summed E-state index contributed by atoms with van der Waals surface area (Å²) in [5, 5.41) is 0. The summed E-state index contributed by atoms with van der Waals surface area (Å²) < 4.78 is 0. The molecule has 0 heterocycles. The van der Waals surface area contributed by atoms with Crippen LogP contribution in [-0.4, -0.2) is 6.29 Å². The van der Waals surface area contributed by atoms with Crippen molar-refractivity contribution in [3.8, 4) is 0 Å². The number of carbonyl (C=O) groups excluding carboxylic acids is 1. The Hall–Kier alpha value is -1.11. The summed E-state index contributed by atoms with van der Waals surface area (Å²) in [7, 11) is 0. The van der Waals surface area contributed by atoms with Crippen molar-refractivity contribution >= 4 is 6.29 Å². The molecular formula is C32H58O. The molecule has 0 aromatic carbocycles. The van der Waals surface area contributed by atoms with Crippen molar-refractivity contribution in [2.75, 3.05) is 0 Å². The maximum atomic E-state index is 11.3. The summed E-state index contributed by atoms with van der Waals surface area (Å²) in [6.45, 7) is 4.50. The lowest BCUT2D eigenvalue weighted by atomic mass is 10.0. The van der Waals surface area contributed by atoms with Gasteiger partial charge in [0.2, 0.25) is 0 Å². The fourth-order valence-corrected chi connectivity index (χ4v) is 4.28. The number of allylic oxidation sites excluding steroid dienone is 6. The van der Waals surface area contributed by atoms with E-state index in [0.717, 1.165) is 31.1 Å². The Labute approximate surface area is 208 Å². The molecular weight excluding hydrogens is 400 g/mol. The fraction of sp³-hybridized carbons (Fsp3) is 0.781. The molecule has 0 N–H and O–H groups in total. The average Bonchev–Trinajstić information content (AvgIpc) is 2.83. The van der Waals surface area contributed by atoms with Crippen LogP contribution in [0.5, 0.6) is 0 Å². The van der Waals surface area contributed by atoms with Crippen LogP contribution >= 0.6 is 0 Å². The first-order valence-corrected chi connectivity index (χ1v) is 14.8. The molecule has 1 heteroatoms. The van der Waals surface area contributed by atoms with Crippen molar-refractivity contribution in [3.05, 3.63) is 36.0 Å². The van der Waals surface area contributed by atoms with E-state index in [2.05, 4.69) is 44.2 Å². The van der Waals surface area contributed by atoms with Crippen LogP contribution in [0, 0.1) is 0 Å². The fourth-order valence-electron chi connectivity index (χ4n) is 4.28. The van der Waals surface area contributed by atoms with E-state index in [1.807, 2.05) is 0 Å². The third kappa shape index (κ3) is 27.0. The van der Waals surface area contributed by atoms with E-state index in [-0.39, 0.29) is 0 Å². The highest BCUT2D eigenvalue weighted by molar-refractivity contribution is 5.72. The van der Waals surface area contributed by atoms with Gasteiger partial charge in [-0.1, -0.05) is 141 Å². The predicted octanol–water partition coefficient (Wildman–Crippen LogP) is 11.2. The molecule has 0 amide bonds. The lowest BCUT2D eigenvalue weighted by Crippen LogP contribution is -1.88. The summed E-state index contributed by atoms with van der Waals surface area (Å²) in [5.74, 6) is 0. The van der Waals surface area contributed by atoms with Crippen LogP contribution in [0.1, 0.15) is 162 Å². The highest BCUT2D eigenvalue weighted by atomic mass is 16.1. The molecule has 0 atom stereocenters. The first kappa shape index (κ1) is 31.9. The van der Waals surface area contributed by atoms with Gasteiger partial charge in [0.1, 0.15) is 6.29 Å². The van der Waals surface area contributed by atoms with Crippen LogP contribution in [0.15, 0.2) is 36.0 Å². The monoisotopic (exact) mass is 458 g/mol. The quantitative estimate of drug-likeness (QED) is 0.0545. The maximum Gasteiger partial charge on any atom is 0.145 e. The zero-order chi connectivity index (χ0) is 24.1. The Kier molecular flexibility index (Phi) is 27.9. The van der Waals surface area contributed by atoms with Gasteiger partial charge in [0.05, 0.1) is 0 Å². The second-order valence-corrected chi connectivity index (χ2v) is 9.85. The van der Waals surface area contributed by atoms with Crippen LogP contribution in [-0.2, 0) is 4.79 Å².